The van der Waals surface area contributed by atoms with Gasteiger partial charge in [0.25, 0.3) is 5.91 Å². The first-order valence-corrected chi connectivity index (χ1v) is 15.5. The summed E-state index contributed by atoms with van der Waals surface area (Å²) >= 11 is 2.99. The SMILES string of the molecule is CSCC[C@H](NC(=O)c1cc(C(OCCc2cncn2C)c2nccs2)ccc1CCc1ccc(F)cc1)C(=O)O. The van der Waals surface area contributed by atoms with Crippen LogP contribution in [0.3, 0.4) is 0 Å². The van der Waals surface area contributed by atoms with Gasteiger partial charge in [-0.05, 0) is 66.2 Å². The monoisotopic (exact) mass is 596 g/mol. The van der Waals surface area contributed by atoms with Crippen molar-refractivity contribution in [1.29, 1.82) is 0 Å². The number of carboxylic acid groups (broad SMARTS) is 1. The lowest BCUT2D eigenvalue weighted by Crippen LogP contribution is -2.41. The van der Waals surface area contributed by atoms with Crippen LogP contribution in [0.4, 0.5) is 4.39 Å². The predicted octanol–water partition coefficient (Wildman–Crippen LogP) is 5.09. The molecule has 8 nitrogen and oxygen atoms in total. The Morgan fingerprint density at radius 1 is 1.17 bits per heavy atom. The summed E-state index contributed by atoms with van der Waals surface area (Å²) < 4.78 is 21.7. The smallest absolute Gasteiger partial charge is 0.326 e. The van der Waals surface area contributed by atoms with Crippen molar-refractivity contribution in [1.82, 2.24) is 19.9 Å². The first-order chi connectivity index (χ1) is 19.9. The summed E-state index contributed by atoms with van der Waals surface area (Å²) in [6, 6.07) is 10.9. The molecule has 0 saturated carbocycles. The van der Waals surface area contributed by atoms with Crippen molar-refractivity contribution in [2.75, 3.05) is 18.6 Å². The topological polar surface area (TPSA) is 106 Å². The zero-order valence-electron chi connectivity index (χ0n) is 23.0. The van der Waals surface area contributed by atoms with E-state index in [1.54, 1.807) is 36.9 Å². The summed E-state index contributed by atoms with van der Waals surface area (Å²) in [5.74, 6) is -1.23. The number of aryl methyl sites for hydroxylation is 3. The Bertz CT molecular complexity index is 1430. The molecule has 4 aromatic rings. The first kappa shape index (κ1) is 30.4. The number of halogens is 1. The van der Waals surface area contributed by atoms with E-state index >= 15 is 0 Å². The summed E-state index contributed by atoms with van der Waals surface area (Å²) in [7, 11) is 1.93. The highest BCUT2D eigenvalue weighted by atomic mass is 32.2. The average Bonchev–Trinajstić information content (AvgIpc) is 3.65. The van der Waals surface area contributed by atoms with Gasteiger partial charge in [0.2, 0.25) is 0 Å². The van der Waals surface area contributed by atoms with Crippen molar-refractivity contribution in [2.24, 2.45) is 7.05 Å². The number of carboxylic acids is 1. The third-order valence-corrected chi connectivity index (χ3v) is 8.19. The van der Waals surface area contributed by atoms with Crippen LogP contribution in [0.1, 0.15) is 50.3 Å². The summed E-state index contributed by atoms with van der Waals surface area (Å²) in [6.45, 7) is 0.410. The third-order valence-electron chi connectivity index (χ3n) is 6.73. The van der Waals surface area contributed by atoms with E-state index in [0.29, 0.717) is 43.6 Å². The molecule has 11 heteroatoms. The number of aliphatic carboxylic acids is 1. The molecule has 2 aromatic carbocycles. The number of nitrogens with zero attached hydrogens (tertiary/aromatic N) is 3. The Labute approximate surface area is 247 Å². The molecule has 0 saturated heterocycles. The number of ether oxygens (including phenoxy) is 1. The number of aromatic nitrogens is 3. The van der Waals surface area contributed by atoms with Gasteiger partial charge in [-0.25, -0.2) is 19.2 Å². The van der Waals surface area contributed by atoms with E-state index in [2.05, 4.69) is 15.3 Å². The molecule has 2 atom stereocenters. The van der Waals surface area contributed by atoms with Gasteiger partial charge in [0.15, 0.2) is 0 Å². The van der Waals surface area contributed by atoms with Crippen molar-refractivity contribution in [3.63, 3.8) is 0 Å². The van der Waals surface area contributed by atoms with E-state index in [-0.39, 0.29) is 5.82 Å². The van der Waals surface area contributed by atoms with Gasteiger partial charge in [0.1, 0.15) is 23.0 Å². The van der Waals surface area contributed by atoms with Gasteiger partial charge in [-0.15, -0.1) is 11.3 Å². The number of nitrogens with one attached hydrogen (secondary N) is 1. The maximum absolute atomic E-state index is 13.6. The van der Waals surface area contributed by atoms with Crippen LogP contribution in [0.5, 0.6) is 0 Å². The molecule has 1 amide bonds. The number of thioether (sulfide) groups is 1. The largest absolute Gasteiger partial charge is 0.480 e. The lowest BCUT2D eigenvalue weighted by Gasteiger charge is -2.20. The van der Waals surface area contributed by atoms with Crippen LogP contribution < -0.4 is 5.32 Å². The second kappa shape index (κ2) is 14.9. The molecule has 2 N–H and O–H groups in total. The van der Waals surface area contributed by atoms with E-state index in [1.807, 2.05) is 35.4 Å². The van der Waals surface area contributed by atoms with Crippen LogP contribution in [0.25, 0.3) is 0 Å². The van der Waals surface area contributed by atoms with Crippen molar-refractivity contribution in [2.45, 2.75) is 37.8 Å². The van der Waals surface area contributed by atoms with Crippen molar-refractivity contribution < 1.29 is 23.8 Å². The summed E-state index contributed by atoms with van der Waals surface area (Å²) in [6.07, 6.45) is 8.71. The fourth-order valence-electron chi connectivity index (χ4n) is 4.43. The molecular formula is C30H33FN4O4S2. The lowest BCUT2D eigenvalue weighted by atomic mass is 9.95. The normalized spacial score (nSPS) is 12.7. The van der Waals surface area contributed by atoms with Crippen LogP contribution in [-0.2, 0) is 35.8 Å². The number of benzene rings is 2. The molecule has 1 unspecified atom stereocenters. The maximum Gasteiger partial charge on any atom is 0.326 e. The summed E-state index contributed by atoms with van der Waals surface area (Å²) in [4.78, 5) is 34.1. The van der Waals surface area contributed by atoms with E-state index in [9.17, 15) is 19.1 Å². The Hall–Kier alpha value is -3.54. The molecule has 0 aliphatic heterocycles. The third kappa shape index (κ3) is 8.48. The zero-order valence-corrected chi connectivity index (χ0v) is 24.6. The Balaban J connectivity index is 1.62. The number of hydrogen-bond acceptors (Lipinski definition) is 7. The van der Waals surface area contributed by atoms with Crippen LogP contribution in [-0.4, -0.2) is 56.2 Å². The highest BCUT2D eigenvalue weighted by Crippen LogP contribution is 2.30. The molecule has 0 fully saturated rings. The van der Waals surface area contributed by atoms with Gasteiger partial charge in [-0.1, -0.05) is 24.3 Å². The van der Waals surface area contributed by atoms with Gasteiger partial charge in [-0.2, -0.15) is 11.8 Å². The average molecular weight is 597 g/mol. The standard InChI is InChI=1S/C30H33FN4O4S2/c1-35-19-32-18-24(35)11-14-39-27(29-33-13-16-41-29)22-8-7-21(6-3-20-4-9-23(31)10-5-20)25(17-22)28(36)34-26(30(37)38)12-15-40-2/h4-5,7-10,13,16-19,26-27H,3,6,11-12,14-15H2,1-2H3,(H,34,36)(H,37,38)/t26-,27?/m0/s1. The minimum Gasteiger partial charge on any atom is -0.480 e. The number of imidazole rings is 1. The number of carbonyl (C=O) groups excluding carboxylic acids is 1. The van der Waals surface area contributed by atoms with Gasteiger partial charge < -0.3 is 19.7 Å². The Morgan fingerprint density at radius 2 is 1.98 bits per heavy atom. The highest BCUT2D eigenvalue weighted by molar-refractivity contribution is 7.98. The number of rotatable bonds is 15. The van der Waals surface area contributed by atoms with Gasteiger partial charge in [-0.3, -0.25) is 4.79 Å². The molecule has 0 aliphatic rings. The maximum atomic E-state index is 13.6. The predicted molar refractivity (Wildman–Crippen MR) is 159 cm³/mol. The minimum atomic E-state index is -1.07. The van der Waals surface area contributed by atoms with Gasteiger partial charge >= 0.3 is 5.97 Å². The van der Waals surface area contributed by atoms with Crippen molar-refractivity contribution in [3.8, 4) is 0 Å². The van der Waals surface area contributed by atoms with E-state index < -0.39 is 24.0 Å². The Morgan fingerprint density at radius 3 is 2.63 bits per heavy atom. The second-order valence-corrected chi connectivity index (χ2v) is 11.5. The lowest BCUT2D eigenvalue weighted by molar-refractivity contribution is -0.139. The number of thiazole rings is 1. The van der Waals surface area contributed by atoms with E-state index in [4.69, 9.17) is 4.74 Å². The van der Waals surface area contributed by atoms with Crippen molar-refractivity contribution >= 4 is 35.0 Å². The molecule has 2 aromatic heterocycles. The molecule has 0 radical (unpaired) electrons. The van der Waals surface area contributed by atoms with E-state index in [0.717, 1.165) is 27.4 Å². The molecular weight excluding hydrogens is 563 g/mol. The fourth-order valence-corrected chi connectivity index (χ4v) is 5.61. The molecule has 216 valence electrons. The zero-order chi connectivity index (χ0) is 29.2. The number of amides is 1. The highest BCUT2D eigenvalue weighted by Gasteiger charge is 2.25. The van der Waals surface area contributed by atoms with Gasteiger partial charge in [0, 0.05) is 42.5 Å². The quantitative estimate of drug-likeness (QED) is 0.197. The summed E-state index contributed by atoms with van der Waals surface area (Å²) in [5.41, 5.74) is 3.86. The fraction of sp³-hybridized carbons (Fsp3) is 0.333. The number of hydrogen-bond donors (Lipinski definition) is 2. The minimum absolute atomic E-state index is 0.306. The van der Waals surface area contributed by atoms with Crippen LogP contribution in [0.15, 0.2) is 66.6 Å². The van der Waals surface area contributed by atoms with Crippen LogP contribution in [0, 0.1) is 5.82 Å². The van der Waals surface area contributed by atoms with E-state index in [1.165, 1.54) is 35.2 Å². The van der Waals surface area contributed by atoms with Crippen LogP contribution in [0.2, 0.25) is 0 Å². The molecule has 0 spiro atoms. The first-order valence-electron chi connectivity index (χ1n) is 13.2. The van der Waals surface area contributed by atoms with Crippen molar-refractivity contribution in [3.05, 3.63) is 105 Å². The second-order valence-electron chi connectivity index (χ2n) is 9.56. The molecule has 4 rings (SSSR count). The molecule has 0 aliphatic carbocycles. The summed E-state index contributed by atoms with van der Waals surface area (Å²) in [5, 5.41) is 15.1. The van der Waals surface area contributed by atoms with Crippen LogP contribution >= 0.6 is 23.1 Å². The molecule has 41 heavy (non-hydrogen) atoms. The molecule has 0 bridgehead atoms. The Kier molecular flexibility index (Phi) is 11.1. The molecule has 2 heterocycles. The van der Waals surface area contributed by atoms with Gasteiger partial charge in [0.05, 0.1) is 12.9 Å². The number of carbonyl (C=O) groups is 2.